The second kappa shape index (κ2) is 3.19. The van der Waals surface area contributed by atoms with Crippen LogP contribution in [-0.4, -0.2) is 12.4 Å². The Labute approximate surface area is 65.9 Å². The lowest BCUT2D eigenvalue weighted by Crippen LogP contribution is -2.15. The molecule has 1 rings (SSSR count). The molecule has 0 spiro atoms. The first-order chi connectivity index (χ1) is 5.27. The van der Waals surface area contributed by atoms with Gasteiger partial charge in [-0.25, -0.2) is 0 Å². The van der Waals surface area contributed by atoms with Crippen LogP contribution in [0.5, 0.6) is 0 Å². The maximum absolute atomic E-state index is 10.9. The van der Waals surface area contributed by atoms with Gasteiger partial charge >= 0.3 is 0 Å². The Balaban J connectivity index is 2.91. The van der Waals surface area contributed by atoms with Crippen molar-refractivity contribution in [2.24, 2.45) is 0 Å². The Morgan fingerprint density at radius 2 is 2.09 bits per heavy atom. The standard InChI is InChI=1S/C9H10O2/c1-3-7-5-8(10)6-11-9(7)4-2/h3-4H,1-2,5-6H2. The van der Waals surface area contributed by atoms with Gasteiger partial charge in [-0.2, -0.15) is 0 Å². The zero-order valence-electron chi connectivity index (χ0n) is 6.30. The smallest absolute Gasteiger partial charge is 0.174 e. The van der Waals surface area contributed by atoms with Gasteiger partial charge in [-0.1, -0.05) is 19.2 Å². The van der Waals surface area contributed by atoms with Crippen LogP contribution in [0, 0.1) is 0 Å². The van der Waals surface area contributed by atoms with Crippen LogP contribution in [0.4, 0.5) is 0 Å². The molecule has 58 valence electrons. The molecule has 0 fully saturated rings. The van der Waals surface area contributed by atoms with Gasteiger partial charge in [0.05, 0.1) is 0 Å². The van der Waals surface area contributed by atoms with Crippen molar-refractivity contribution in [1.82, 2.24) is 0 Å². The monoisotopic (exact) mass is 150 g/mol. The average Bonchev–Trinajstić information content (AvgIpc) is 2.04. The van der Waals surface area contributed by atoms with E-state index in [-0.39, 0.29) is 12.4 Å². The number of rotatable bonds is 2. The molecule has 0 bridgehead atoms. The van der Waals surface area contributed by atoms with Gasteiger partial charge in [-0.15, -0.1) is 0 Å². The van der Waals surface area contributed by atoms with E-state index in [9.17, 15) is 4.79 Å². The van der Waals surface area contributed by atoms with Gasteiger partial charge < -0.3 is 4.74 Å². The molecule has 0 radical (unpaired) electrons. The molecule has 0 atom stereocenters. The predicted octanol–water partition coefficient (Wildman–Crippen LogP) is 1.60. The number of carbonyl (C=O) groups excluding carboxylic acids is 1. The lowest BCUT2D eigenvalue weighted by molar-refractivity contribution is -0.122. The fourth-order valence-corrected chi connectivity index (χ4v) is 0.964. The maximum atomic E-state index is 10.9. The van der Waals surface area contributed by atoms with Crippen LogP contribution in [0.25, 0.3) is 0 Å². The van der Waals surface area contributed by atoms with Crippen molar-refractivity contribution in [3.05, 3.63) is 36.6 Å². The van der Waals surface area contributed by atoms with Crippen molar-refractivity contribution < 1.29 is 9.53 Å². The Hall–Kier alpha value is -1.31. The Kier molecular flexibility index (Phi) is 2.26. The van der Waals surface area contributed by atoms with Crippen LogP contribution in [0.1, 0.15) is 6.42 Å². The van der Waals surface area contributed by atoms with Gasteiger partial charge in [0.1, 0.15) is 12.4 Å². The number of ketones is 1. The highest BCUT2D eigenvalue weighted by Gasteiger charge is 2.14. The summed E-state index contributed by atoms with van der Waals surface area (Å²) in [7, 11) is 0. The molecular weight excluding hydrogens is 140 g/mol. The SMILES string of the molecule is C=CC1=C(C=C)OCC(=O)C1. The summed E-state index contributed by atoms with van der Waals surface area (Å²) in [6, 6.07) is 0. The second-order valence-corrected chi connectivity index (χ2v) is 2.30. The van der Waals surface area contributed by atoms with Gasteiger partial charge in [0, 0.05) is 12.0 Å². The molecule has 0 saturated heterocycles. The summed E-state index contributed by atoms with van der Waals surface area (Å²) in [5.41, 5.74) is 0.830. The van der Waals surface area contributed by atoms with Crippen molar-refractivity contribution in [3.63, 3.8) is 0 Å². The minimum atomic E-state index is 0.0884. The molecule has 11 heavy (non-hydrogen) atoms. The van der Waals surface area contributed by atoms with Crippen LogP contribution in [-0.2, 0) is 9.53 Å². The van der Waals surface area contributed by atoms with Gasteiger partial charge in [0.25, 0.3) is 0 Å². The molecule has 1 heterocycles. The van der Waals surface area contributed by atoms with Crippen LogP contribution in [0.15, 0.2) is 36.6 Å². The molecule has 2 nitrogen and oxygen atoms in total. The number of hydrogen-bond donors (Lipinski definition) is 0. The number of hydrogen-bond acceptors (Lipinski definition) is 2. The van der Waals surface area contributed by atoms with Crippen molar-refractivity contribution in [2.45, 2.75) is 6.42 Å². The number of allylic oxidation sites excluding steroid dienone is 3. The predicted molar refractivity (Wildman–Crippen MR) is 43.0 cm³/mol. The molecule has 2 heteroatoms. The lowest BCUT2D eigenvalue weighted by Gasteiger charge is -2.15. The van der Waals surface area contributed by atoms with E-state index in [0.29, 0.717) is 12.2 Å². The average molecular weight is 150 g/mol. The molecule has 0 unspecified atom stereocenters. The van der Waals surface area contributed by atoms with Gasteiger partial charge in [0.15, 0.2) is 5.78 Å². The summed E-state index contributed by atoms with van der Waals surface area (Å²) in [5, 5.41) is 0. The summed E-state index contributed by atoms with van der Waals surface area (Å²) in [6.45, 7) is 7.31. The van der Waals surface area contributed by atoms with Crippen molar-refractivity contribution in [2.75, 3.05) is 6.61 Å². The molecule has 0 aromatic carbocycles. The van der Waals surface area contributed by atoms with E-state index in [4.69, 9.17) is 4.74 Å². The first kappa shape index (κ1) is 7.79. The maximum Gasteiger partial charge on any atom is 0.174 e. The first-order valence-electron chi connectivity index (χ1n) is 3.40. The zero-order valence-corrected chi connectivity index (χ0v) is 6.30. The molecule has 0 aliphatic carbocycles. The topological polar surface area (TPSA) is 26.3 Å². The molecule has 0 amide bonds. The number of Topliss-reactive ketones (excluding diaryl/α,β-unsaturated/α-hetero) is 1. The van der Waals surface area contributed by atoms with Crippen LogP contribution in [0.2, 0.25) is 0 Å². The van der Waals surface area contributed by atoms with E-state index in [1.165, 1.54) is 0 Å². The Morgan fingerprint density at radius 1 is 1.36 bits per heavy atom. The van der Waals surface area contributed by atoms with Crippen LogP contribution in [0.3, 0.4) is 0 Å². The molecule has 1 aliphatic heterocycles. The number of carbonyl (C=O) groups is 1. The van der Waals surface area contributed by atoms with Crippen LogP contribution >= 0.6 is 0 Å². The summed E-state index contributed by atoms with van der Waals surface area (Å²) in [5.74, 6) is 0.769. The Morgan fingerprint density at radius 3 is 2.64 bits per heavy atom. The van der Waals surface area contributed by atoms with Gasteiger partial charge in [-0.05, 0) is 6.08 Å². The van der Waals surface area contributed by atoms with E-state index in [1.807, 2.05) is 0 Å². The molecule has 0 saturated carbocycles. The van der Waals surface area contributed by atoms with Gasteiger partial charge in [0.2, 0.25) is 0 Å². The number of ether oxygens (including phenoxy) is 1. The fraction of sp³-hybridized carbons (Fsp3) is 0.222. The molecule has 0 aromatic rings. The van der Waals surface area contributed by atoms with E-state index in [0.717, 1.165) is 5.57 Å². The third-order valence-corrected chi connectivity index (χ3v) is 1.52. The van der Waals surface area contributed by atoms with Crippen molar-refractivity contribution in [3.8, 4) is 0 Å². The quantitative estimate of drug-likeness (QED) is 0.597. The van der Waals surface area contributed by atoms with E-state index < -0.39 is 0 Å². The summed E-state index contributed by atoms with van der Waals surface area (Å²) >= 11 is 0. The fourth-order valence-electron chi connectivity index (χ4n) is 0.964. The molecule has 0 N–H and O–H groups in total. The zero-order chi connectivity index (χ0) is 8.27. The first-order valence-corrected chi connectivity index (χ1v) is 3.40. The molecular formula is C9H10O2. The second-order valence-electron chi connectivity index (χ2n) is 2.30. The molecule has 1 aliphatic rings. The van der Waals surface area contributed by atoms with Crippen LogP contribution < -0.4 is 0 Å². The normalized spacial score (nSPS) is 17.6. The highest BCUT2D eigenvalue weighted by Crippen LogP contribution is 2.17. The third-order valence-electron chi connectivity index (χ3n) is 1.52. The molecule has 0 aromatic heterocycles. The summed E-state index contributed by atoms with van der Waals surface area (Å²) < 4.78 is 5.08. The highest BCUT2D eigenvalue weighted by atomic mass is 16.5. The minimum absolute atomic E-state index is 0.0884. The minimum Gasteiger partial charge on any atom is -0.486 e. The summed E-state index contributed by atoms with van der Waals surface area (Å²) in [6.07, 6.45) is 3.66. The largest absolute Gasteiger partial charge is 0.486 e. The van der Waals surface area contributed by atoms with E-state index >= 15 is 0 Å². The third kappa shape index (κ3) is 1.58. The lowest BCUT2D eigenvalue weighted by atomic mass is 10.1. The highest BCUT2D eigenvalue weighted by molar-refractivity contribution is 5.84. The Bertz CT molecular complexity index is 236. The summed E-state index contributed by atoms with van der Waals surface area (Å²) in [4.78, 5) is 10.9. The van der Waals surface area contributed by atoms with E-state index in [2.05, 4.69) is 13.2 Å². The van der Waals surface area contributed by atoms with Crippen molar-refractivity contribution >= 4 is 5.78 Å². The van der Waals surface area contributed by atoms with E-state index in [1.54, 1.807) is 12.2 Å². The van der Waals surface area contributed by atoms with Gasteiger partial charge in [-0.3, -0.25) is 4.79 Å². The van der Waals surface area contributed by atoms with Crippen molar-refractivity contribution in [1.29, 1.82) is 0 Å².